The van der Waals surface area contributed by atoms with Crippen LogP contribution in [-0.4, -0.2) is 52.5 Å². The maximum absolute atomic E-state index is 12.1. The third-order valence-electron chi connectivity index (χ3n) is 3.89. The van der Waals surface area contributed by atoms with Gasteiger partial charge in [-0.3, -0.25) is 0 Å². The highest BCUT2D eigenvalue weighted by Gasteiger charge is 2.21. The average Bonchev–Trinajstić information content (AvgIpc) is 2.48. The van der Waals surface area contributed by atoms with Gasteiger partial charge in [0.25, 0.3) is 0 Å². The molecule has 1 aromatic rings. The van der Waals surface area contributed by atoms with Crippen LogP contribution in [0.3, 0.4) is 0 Å². The normalized spacial score (nSPS) is 20.0. The first-order chi connectivity index (χ1) is 9.95. The molecule has 2 rings (SSSR count). The molecule has 21 heavy (non-hydrogen) atoms. The molecule has 0 spiro atoms. The smallest absolute Gasteiger partial charge is 0.242 e. The van der Waals surface area contributed by atoms with Crippen LogP contribution >= 0.6 is 0 Å². The highest BCUT2D eigenvalue weighted by molar-refractivity contribution is 7.89. The highest BCUT2D eigenvalue weighted by Crippen LogP contribution is 2.22. The molecule has 5 nitrogen and oxygen atoms in total. The maximum Gasteiger partial charge on any atom is 0.242 e. The van der Waals surface area contributed by atoms with Crippen molar-refractivity contribution < 1.29 is 8.42 Å². The Balaban J connectivity index is 2.12. The molecule has 1 heterocycles. The van der Waals surface area contributed by atoms with E-state index in [1.54, 1.807) is 26.2 Å². The van der Waals surface area contributed by atoms with Gasteiger partial charge in [-0.15, -0.1) is 0 Å². The van der Waals surface area contributed by atoms with Crippen LogP contribution in [0.2, 0.25) is 0 Å². The van der Waals surface area contributed by atoms with Gasteiger partial charge >= 0.3 is 0 Å². The van der Waals surface area contributed by atoms with Crippen LogP contribution in [0, 0.1) is 0 Å². The van der Waals surface area contributed by atoms with E-state index in [-0.39, 0.29) is 0 Å². The lowest BCUT2D eigenvalue weighted by atomic mass is 10.0. The topological polar surface area (TPSA) is 52.7 Å². The Bertz CT molecular complexity index is 553. The van der Waals surface area contributed by atoms with E-state index in [9.17, 15) is 8.42 Å². The second-order valence-electron chi connectivity index (χ2n) is 5.62. The van der Waals surface area contributed by atoms with Crippen molar-refractivity contribution in [2.24, 2.45) is 0 Å². The summed E-state index contributed by atoms with van der Waals surface area (Å²) in [6.07, 6.45) is 2.37. The van der Waals surface area contributed by atoms with Gasteiger partial charge in [0.1, 0.15) is 0 Å². The summed E-state index contributed by atoms with van der Waals surface area (Å²) in [6.45, 7) is 5.12. The van der Waals surface area contributed by atoms with Crippen LogP contribution in [0.25, 0.3) is 0 Å². The summed E-state index contributed by atoms with van der Waals surface area (Å²) in [4.78, 5) is 2.67. The van der Waals surface area contributed by atoms with Gasteiger partial charge in [0.05, 0.1) is 4.90 Å². The number of likely N-dealkylation sites (N-methyl/N-ethyl adjacent to an activating group) is 1. The van der Waals surface area contributed by atoms with Crippen LogP contribution in [-0.2, 0) is 10.0 Å². The van der Waals surface area contributed by atoms with Crippen molar-refractivity contribution in [1.82, 2.24) is 9.62 Å². The Kier molecular flexibility index (Phi) is 5.24. The minimum Gasteiger partial charge on any atom is -0.370 e. The Labute approximate surface area is 128 Å². The number of hydrogen-bond donors (Lipinski definition) is 1. The molecule has 1 aliphatic heterocycles. The SMILES string of the molecule is CCNC1CCCN(c2ccc(S(=O)(=O)N(C)C)cc2)C1. The van der Waals surface area contributed by atoms with Crippen molar-refractivity contribution in [3.63, 3.8) is 0 Å². The average molecular weight is 311 g/mol. The molecule has 1 fully saturated rings. The third-order valence-corrected chi connectivity index (χ3v) is 5.72. The molecule has 0 aromatic heterocycles. The highest BCUT2D eigenvalue weighted by atomic mass is 32.2. The molecule has 1 saturated heterocycles. The van der Waals surface area contributed by atoms with E-state index < -0.39 is 10.0 Å². The van der Waals surface area contributed by atoms with Crippen LogP contribution in [0.4, 0.5) is 5.69 Å². The van der Waals surface area contributed by atoms with E-state index >= 15 is 0 Å². The van der Waals surface area contributed by atoms with Crippen LogP contribution in [0.15, 0.2) is 29.2 Å². The molecule has 0 amide bonds. The van der Waals surface area contributed by atoms with E-state index in [2.05, 4.69) is 17.1 Å². The second kappa shape index (κ2) is 6.77. The number of benzene rings is 1. The molecule has 1 N–H and O–H groups in total. The van der Waals surface area contributed by atoms with Crippen LogP contribution in [0.1, 0.15) is 19.8 Å². The maximum atomic E-state index is 12.1. The van der Waals surface area contributed by atoms with Gasteiger partial charge in [-0.25, -0.2) is 12.7 Å². The fourth-order valence-electron chi connectivity index (χ4n) is 2.71. The molecule has 0 saturated carbocycles. The summed E-state index contributed by atoms with van der Waals surface area (Å²) >= 11 is 0. The molecule has 0 bridgehead atoms. The Morgan fingerprint density at radius 2 is 1.95 bits per heavy atom. The summed E-state index contributed by atoms with van der Waals surface area (Å²) < 4.78 is 25.4. The molecular formula is C15H25N3O2S. The molecule has 1 aromatic carbocycles. The van der Waals surface area contributed by atoms with Gasteiger partial charge in [-0.05, 0) is 43.7 Å². The molecular weight excluding hydrogens is 286 g/mol. The zero-order valence-electron chi connectivity index (χ0n) is 13.0. The Morgan fingerprint density at radius 1 is 1.29 bits per heavy atom. The van der Waals surface area contributed by atoms with E-state index in [0.717, 1.165) is 31.7 Å². The van der Waals surface area contributed by atoms with Crippen LogP contribution in [0.5, 0.6) is 0 Å². The van der Waals surface area contributed by atoms with E-state index in [4.69, 9.17) is 0 Å². The molecule has 118 valence electrons. The number of rotatable bonds is 5. The number of sulfonamides is 1. The van der Waals surface area contributed by atoms with Gasteiger partial charge in [-0.1, -0.05) is 6.92 Å². The van der Waals surface area contributed by atoms with Crippen LogP contribution < -0.4 is 10.2 Å². The minimum absolute atomic E-state index is 0.344. The largest absolute Gasteiger partial charge is 0.370 e. The number of piperidine rings is 1. The summed E-state index contributed by atoms with van der Waals surface area (Å²) in [5, 5.41) is 3.49. The third kappa shape index (κ3) is 3.75. The molecule has 0 aliphatic carbocycles. The van der Waals surface area contributed by atoms with Crippen molar-refractivity contribution in [3.8, 4) is 0 Å². The molecule has 1 aliphatic rings. The lowest BCUT2D eigenvalue weighted by Gasteiger charge is -2.34. The number of hydrogen-bond acceptors (Lipinski definition) is 4. The monoisotopic (exact) mass is 311 g/mol. The standard InChI is InChI=1S/C15H25N3O2S/c1-4-16-13-6-5-11-18(12-13)14-7-9-15(10-8-14)21(19,20)17(2)3/h7-10,13,16H,4-6,11-12H2,1-3H3. The quantitative estimate of drug-likeness (QED) is 0.896. The van der Waals surface area contributed by atoms with E-state index in [1.165, 1.54) is 10.7 Å². The first kappa shape index (κ1) is 16.3. The number of nitrogens with one attached hydrogen (secondary N) is 1. The molecule has 1 unspecified atom stereocenters. The zero-order chi connectivity index (χ0) is 15.5. The van der Waals surface area contributed by atoms with Gasteiger partial charge in [0, 0.05) is 38.9 Å². The fourth-order valence-corrected chi connectivity index (χ4v) is 3.61. The Hall–Kier alpha value is -1.11. The van der Waals surface area contributed by atoms with Gasteiger partial charge in [0.2, 0.25) is 10.0 Å². The van der Waals surface area contributed by atoms with Crippen molar-refractivity contribution in [1.29, 1.82) is 0 Å². The van der Waals surface area contributed by atoms with Gasteiger partial charge < -0.3 is 10.2 Å². The number of nitrogens with zero attached hydrogens (tertiary/aromatic N) is 2. The van der Waals surface area contributed by atoms with E-state index in [1.807, 2.05) is 12.1 Å². The predicted octanol–water partition coefficient (Wildman–Crippen LogP) is 1.52. The molecule has 6 heteroatoms. The van der Waals surface area contributed by atoms with Crippen molar-refractivity contribution >= 4 is 15.7 Å². The van der Waals surface area contributed by atoms with Crippen molar-refractivity contribution in [3.05, 3.63) is 24.3 Å². The first-order valence-corrected chi connectivity index (χ1v) is 8.90. The van der Waals surface area contributed by atoms with Gasteiger partial charge in [-0.2, -0.15) is 0 Å². The fraction of sp³-hybridized carbons (Fsp3) is 0.600. The lowest BCUT2D eigenvalue weighted by molar-refractivity contribution is 0.431. The lowest BCUT2D eigenvalue weighted by Crippen LogP contribution is -2.45. The molecule has 0 radical (unpaired) electrons. The minimum atomic E-state index is -3.34. The van der Waals surface area contributed by atoms with E-state index in [0.29, 0.717) is 10.9 Å². The summed E-state index contributed by atoms with van der Waals surface area (Å²) in [5.41, 5.74) is 1.09. The molecule has 1 atom stereocenters. The van der Waals surface area contributed by atoms with Crippen molar-refractivity contribution in [2.45, 2.75) is 30.7 Å². The summed E-state index contributed by atoms with van der Waals surface area (Å²) in [5.74, 6) is 0. The van der Waals surface area contributed by atoms with Crippen molar-refractivity contribution in [2.75, 3.05) is 38.6 Å². The Morgan fingerprint density at radius 3 is 2.52 bits per heavy atom. The van der Waals surface area contributed by atoms with Gasteiger partial charge in [0.15, 0.2) is 0 Å². The zero-order valence-corrected chi connectivity index (χ0v) is 13.9. The summed E-state index contributed by atoms with van der Waals surface area (Å²) in [6, 6.07) is 7.73. The predicted molar refractivity (Wildman–Crippen MR) is 86.2 cm³/mol. The second-order valence-corrected chi connectivity index (χ2v) is 7.78. The summed E-state index contributed by atoms with van der Waals surface area (Å²) in [7, 11) is -0.240. The number of anilines is 1. The first-order valence-electron chi connectivity index (χ1n) is 7.46.